The first-order chi connectivity index (χ1) is 11.8. The van der Waals surface area contributed by atoms with E-state index in [0.29, 0.717) is 0 Å². The van der Waals surface area contributed by atoms with Crippen molar-refractivity contribution in [1.82, 2.24) is 15.1 Å². The van der Waals surface area contributed by atoms with Gasteiger partial charge in [-0.2, -0.15) is 0 Å². The summed E-state index contributed by atoms with van der Waals surface area (Å²) in [6, 6.07) is 15.2. The molecule has 24 heavy (non-hydrogen) atoms. The Labute approximate surface area is 143 Å². The highest BCUT2D eigenvalue weighted by atomic mass is 16.2. The standard InChI is InChI=1S/C20H25N3O/c24-20(21-14-16-8-9-16)23-12-10-22(11-13-23)15-18-6-3-5-17-4-1-2-7-19(17)18/h1-7,16H,8-15H2,(H,21,24). The summed E-state index contributed by atoms with van der Waals surface area (Å²) in [4.78, 5) is 16.6. The Bertz CT molecular complexity index is 712. The van der Waals surface area contributed by atoms with Gasteiger partial charge in [0.05, 0.1) is 0 Å². The van der Waals surface area contributed by atoms with E-state index in [1.807, 2.05) is 4.90 Å². The van der Waals surface area contributed by atoms with Gasteiger partial charge < -0.3 is 10.2 Å². The molecule has 0 unspecified atom stereocenters. The highest BCUT2D eigenvalue weighted by Gasteiger charge is 2.25. The second-order valence-electron chi connectivity index (χ2n) is 7.03. The number of nitrogens with zero attached hydrogens (tertiary/aromatic N) is 2. The summed E-state index contributed by atoms with van der Waals surface area (Å²) < 4.78 is 0. The second kappa shape index (κ2) is 6.81. The Kier molecular flexibility index (Phi) is 4.39. The zero-order chi connectivity index (χ0) is 16.4. The van der Waals surface area contributed by atoms with Gasteiger partial charge in [0.1, 0.15) is 0 Å². The number of urea groups is 1. The molecule has 2 fully saturated rings. The van der Waals surface area contributed by atoms with Crippen molar-refractivity contribution in [2.45, 2.75) is 19.4 Å². The maximum atomic E-state index is 12.2. The van der Waals surface area contributed by atoms with Crippen LogP contribution in [0.1, 0.15) is 18.4 Å². The van der Waals surface area contributed by atoms with Crippen molar-refractivity contribution in [3.8, 4) is 0 Å². The minimum atomic E-state index is 0.117. The van der Waals surface area contributed by atoms with Gasteiger partial charge in [0.2, 0.25) is 0 Å². The third-order valence-electron chi connectivity index (χ3n) is 5.17. The van der Waals surface area contributed by atoms with Crippen LogP contribution in [0.25, 0.3) is 10.8 Å². The average molecular weight is 323 g/mol. The molecule has 4 rings (SSSR count). The highest BCUT2D eigenvalue weighted by molar-refractivity contribution is 5.85. The van der Waals surface area contributed by atoms with Crippen LogP contribution in [0, 0.1) is 5.92 Å². The summed E-state index contributed by atoms with van der Waals surface area (Å²) in [6.07, 6.45) is 2.55. The van der Waals surface area contributed by atoms with Crippen LogP contribution in [0.2, 0.25) is 0 Å². The molecule has 0 aromatic heterocycles. The number of benzene rings is 2. The molecule has 2 amide bonds. The molecular formula is C20H25N3O. The van der Waals surface area contributed by atoms with E-state index >= 15 is 0 Å². The molecule has 2 aromatic rings. The summed E-state index contributed by atoms with van der Waals surface area (Å²) in [5, 5.41) is 5.71. The highest BCUT2D eigenvalue weighted by Crippen LogP contribution is 2.27. The fourth-order valence-corrected chi connectivity index (χ4v) is 3.45. The number of carbonyl (C=O) groups is 1. The molecule has 2 aromatic carbocycles. The topological polar surface area (TPSA) is 35.6 Å². The first-order valence-electron chi connectivity index (χ1n) is 9.01. The van der Waals surface area contributed by atoms with Gasteiger partial charge in [0.15, 0.2) is 0 Å². The lowest BCUT2D eigenvalue weighted by Gasteiger charge is -2.35. The summed E-state index contributed by atoms with van der Waals surface area (Å²) in [5.74, 6) is 0.738. The lowest BCUT2D eigenvalue weighted by atomic mass is 10.0. The molecular weight excluding hydrogens is 298 g/mol. The van der Waals surface area contributed by atoms with E-state index in [0.717, 1.165) is 45.2 Å². The van der Waals surface area contributed by atoms with E-state index in [-0.39, 0.29) is 6.03 Å². The van der Waals surface area contributed by atoms with E-state index in [1.54, 1.807) is 0 Å². The van der Waals surface area contributed by atoms with E-state index in [1.165, 1.54) is 29.2 Å². The summed E-state index contributed by atoms with van der Waals surface area (Å²) >= 11 is 0. The normalized spacial score (nSPS) is 18.8. The lowest BCUT2D eigenvalue weighted by molar-refractivity contribution is 0.135. The summed E-state index contributed by atoms with van der Waals surface area (Å²) in [7, 11) is 0. The number of hydrogen-bond acceptors (Lipinski definition) is 2. The largest absolute Gasteiger partial charge is 0.338 e. The molecule has 4 heteroatoms. The van der Waals surface area contributed by atoms with Crippen LogP contribution in [0.15, 0.2) is 42.5 Å². The predicted octanol–water partition coefficient (Wildman–Crippen LogP) is 3.08. The van der Waals surface area contributed by atoms with Crippen LogP contribution in [0.4, 0.5) is 4.79 Å². The number of fused-ring (bicyclic) bond motifs is 1. The van der Waals surface area contributed by atoms with Crippen LogP contribution in [-0.4, -0.2) is 48.6 Å². The van der Waals surface area contributed by atoms with Crippen molar-refractivity contribution >= 4 is 16.8 Å². The zero-order valence-corrected chi connectivity index (χ0v) is 14.1. The van der Waals surface area contributed by atoms with E-state index in [2.05, 4.69) is 52.7 Å². The number of rotatable bonds is 4. The van der Waals surface area contributed by atoms with Crippen molar-refractivity contribution in [3.05, 3.63) is 48.0 Å². The van der Waals surface area contributed by atoms with Gasteiger partial charge in [-0.25, -0.2) is 4.79 Å². The monoisotopic (exact) mass is 323 g/mol. The maximum absolute atomic E-state index is 12.2. The summed E-state index contributed by atoms with van der Waals surface area (Å²) in [6.45, 7) is 5.34. The number of hydrogen-bond donors (Lipinski definition) is 1. The summed E-state index contributed by atoms with van der Waals surface area (Å²) in [5.41, 5.74) is 1.37. The molecule has 1 saturated carbocycles. The first kappa shape index (κ1) is 15.5. The predicted molar refractivity (Wildman–Crippen MR) is 96.9 cm³/mol. The minimum absolute atomic E-state index is 0.117. The van der Waals surface area contributed by atoms with E-state index in [9.17, 15) is 4.79 Å². The Balaban J connectivity index is 1.33. The van der Waals surface area contributed by atoms with Crippen LogP contribution in [0.3, 0.4) is 0 Å². The molecule has 0 spiro atoms. The molecule has 126 valence electrons. The van der Waals surface area contributed by atoms with Gasteiger partial charge in [-0.3, -0.25) is 4.90 Å². The molecule has 2 aliphatic rings. The van der Waals surface area contributed by atoms with Crippen molar-refractivity contribution in [2.24, 2.45) is 5.92 Å². The number of carbonyl (C=O) groups excluding carboxylic acids is 1. The molecule has 1 heterocycles. The third kappa shape index (κ3) is 3.54. The smallest absolute Gasteiger partial charge is 0.317 e. The van der Waals surface area contributed by atoms with E-state index < -0.39 is 0 Å². The Hall–Kier alpha value is -2.07. The SMILES string of the molecule is O=C(NCC1CC1)N1CCN(Cc2cccc3ccccc23)CC1. The molecule has 1 N–H and O–H groups in total. The van der Waals surface area contributed by atoms with Crippen molar-refractivity contribution < 1.29 is 4.79 Å². The number of amides is 2. The molecule has 1 saturated heterocycles. The average Bonchev–Trinajstić information content (AvgIpc) is 3.45. The Morgan fingerprint density at radius 1 is 1.00 bits per heavy atom. The van der Waals surface area contributed by atoms with Gasteiger partial charge in [0, 0.05) is 39.3 Å². The number of piperazine rings is 1. The number of nitrogens with one attached hydrogen (secondary N) is 1. The van der Waals surface area contributed by atoms with Crippen molar-refractivity contribution in [1.29, 1.82) is 0 Å². The van der Waals surface area contributed by atoms with Gasteiger partial charge in [-0.05, 0) is 35.1 Å². The van der Waals surface area contributed by atoms with Gasteiger partial charge >= 0.3 is 6.03 Å². The quantitative estimate of drug-likeness (QED) is 0.938. The molecule has 1 aliphatic heterocycles. The fraction of sp³-hybridized carbons (Fsp3) is 0.450. The van der Waals surface area contributed by atoms with Crippen molar-refractivity contribution in [3.63, 3.8) is 0 Å². The Morgan fingerprint density at radius 3 is 2.54 bits per heavy atom. The van der Waals surface area contributed by atoms with Gasteiger partial charge in [-0.1, -0.05) is 42.5 Å². The minimum Gasteiger partial charge on any atom is -0.338 e. The second-order valence-corrected chi connectivity index (χ2v) is 7.03. The fourth-order valence-electron chi connectivity index (χ4n) is 3.45. The van der Waals surface area contributed by atoms with Crippen LogP contribution in [0.5, 0.6) is 0 Å². The molecule has 0 atom stereocenters. The van der Waals surface area contributed by atoms with Crippen molar-refractivity contribution in [2.75, 3.05) is 32.7 Å². The van der Waals surface area contributed by atoms with E-state index in [4.69, 9.17) is 0 Å². The zero-order valence-electron chi connectivity index (χ0n) is 14.1. The Morgan fingerprint density at radius 2 is 1.75 bits per heavy atom. The molecule has 1 aliphatic carbocycles. The van der Waals surface area contributed by atoms with Crippen LogP contribution < -0.4 is 5.32 Å². The maximum Gasteiger partial charge on any atom is 0.317 e. The first-order valence-corrected chi connectivity index (χ1v) is 9.01. The molecule has 4 nitrogen and oxygen atoms in total. The third-order valence-corrected chi connectivity index (χ3v) is 5.17. The van der Waals surface area contributed by atoms with Crippen LogP contribution >= 0.6 is 0 Å². The van der Waals surface area contributed by atoms with Gasteiger partial charge in [0.25, 0.3) is 0 Å². The molecule has 0 radical (unpaired) electrons. The molecule has 0 bridgehead atoms. The lowest BCUT2D eigenvalue weighted by Crippen LogP contribution is -2.51. The van der Waals surface area contributed by atoms with Gasteiger partial charge in [-0.15, -0.1) is 0 Å². The van der Waals surface area contributed by atoms with Crippen LogP contribution in [-0.2, 0) is 6.54 Å².